The lowest BCUT2D eigenvalue weighted by molar-refractivity contribution is -0.140. The van der Waals surface area contributed by atoms with E-state index in [0.717, 1.165) is 6.42 Å². The number of hydrogen-bond acceptors (Lipinski definition) is 2. The van der Waals surface area contributed by atoms with E-state index in [1.165, 1.54) is 77.0 Å². The summed E-state index contributed by atoms with van der Waals surface area (Å²) < 4.78 is 10.8. The fourth-order valence-corrected chi connectivity index (χ4v) is 2.72. The van der Waals surface area contributed by atoms with Crippen molar-refractivity contribution in [3.8, 4) is 0 Å². The molecule has 0 aliphatic rings. The van der Waals surface area contributed by atoms with Gasteiger partial charge in [-0.25, -0.2) is 0 Å². The van der Waals surface area contributed by atoms with E-state index < -0.39 is 0 Å². The molecule has 0 rings (SSSR count). The summed E-state index contributed by atoms with van der Waals surface area (Å²) in [4.78, 5) is 0. The van der Waals surface area contributed by atoms with Crippen molar-refractivity contribution in [3.63, 3.8) is 0 Å². The van der Waals surface area contributed by atoms with E-state index in [1.54, 1.807) is 7.11 Å². The topological polar surface area (TPSA) is 18.5 Å². The van der Waals surface area contributed by atoms with Crippen molar-refractivity contribution in [1.29, 1.82) is 0 Å². The summed E-state index contributed by atoms with van der Waals surface area (Å²) in [6, 6.07) is 0. The molecule has 0 amide bonds. The molecule has 0 aliphatic heterocycles. The van der Waals surface area contributed by atoms with Gasteiger partial charge in [0.2, 0.25) is 0 Å². The zero-order valence-corrected chi connectivity index (χ0v) is 15.2. The third-order valence-corrected chi connectivity index (χ3v) is 4.22. The number of ether oxygens (including phenoxy) is 2. The van der Waals surface area contributed by atoms with Crippen molar-refractivity contribution in [3.05, 3.63) is 0 Å². The van der Waals surface area contributed by atoms with Gasteiger partial charge in [-0.3, -0.25) is 0 Å². The van der Waals surface area contributed by atoms with E-state index in [0.29, 0.717) is 6.10 Å². The van der Waals surface area contributed by atoms with Crippen LogP contribution in [0.2, 0.25) is 0 Å². The highest BCUT2D eigenvalue weighted by atomic mass is 16.7. The van der Waals surface area contributed by atoms with Crippen LogP contribution in [0.4, 0.5) is 0 Å². The lowest BCUT2D eigenvalue weighted by Crippen LogP contribution is -2.18. The first-order valence-corrected chi connectivity index (χ1v) is 9.39. The van der Waals surface area contributed by atoms with Crippen LogP contribution in [0, 0.1) is 0 Å². The standard InChI is InChI=1S/C19H40O2/c1-5-6-7-8-9-10-11-12-13-14-15-16-17-18(2)21-19(3)20-4/h18-19H,5-17H2,1-4H3. The van der Waals surface area contributed by atoms with Crippen molar-refractivity contribution in [2.75, 3.05) is 7.11 Å². The van der Waals surface area contributed by atoms with Crippen molar-refractivity contribution in [1.82, 2.24) is 0 Å². The normalized spacial score (nSPS) is 14.3. The van der Waals surface area contributed by atoms with Crippen molar-refractivity contribution in [2.45, 2.75) is 117 Å². The molecule has 0 saturated heterocycles. The summed E-state index contributed by atoms with van der Waals surface area (Å²) in [5, 5.41) is 0. The van der Waals surface area contributed by atoms with Gasteiger partial charge in [-0.05, 0) is 20.3 Å². The third-order valence-electron chi connectivity index (χ3n) is 4.22. The first kappa shape index (κ1) is 20.9. The third kappa shape index (κ3) is 16.1. The van der Waals surface area contributed by atoms with Gasteiger partial charge in [0.15, 0.2) is 6.29 Å². The summed E-state index contributed by atoms with van der Waals surface area (Å²) in [7, 11) is 1.70. The molecular weight excluding hydrogens is 260 g/mol. The molecule has 2 atom stereocenters. The Morgan fingerprint density at radius 1 is 0.667 bits per heavy atom. The molecule has 0 aromatic heterocycles. The van der Waals surface area contributed by atoms with Gasteiger partial charge in [-0.15, -0.1) is 0 Å². The minimum atomic E-state index is -0.0719. The van der Waals surface area contributed by atoms with E-state index in [1.807, 2.05) is 6.92 Å². The Hall–Kier alpha value is -0.0800. The van der Waals surface area contributed by atoms with Crippen molar-refractivity contribution in [2.24, 2.45) is 0 Å². The fourth-order valence-electron chi connectivity index (χ4n) is 2.72. The number of methoxy groups -OCH3 is 1. The summed E-state index contributed by atoms with van der Waals surface area (Å²) >= 11 is 0. The number of unbranched alkanes of at least 4 members (excludes halogenated alkanes) is 11. The minimum Gasteiger partial charge on any atom is -0.356 e. The smallest absolute Gasteiger partial charge is 0.154 e. The lowest BCUT2D eigenvalue weighted by Gasteiger charge is -2.17. The van der Waals surface area contributed by atoms with Gasteiger partial charge < -0.3 is 9.47 Å². The van der Waals surface area contributed by atoms with E-state index in [4.69, 9.17) is 9.47 Å². The molecule has 128 valence electrons. The lowest BCUT2D eigenvalue weighted by atomic mass is 10.0. The number of hydrogen-bond donors (Lipinski definition) is 0. The largest absolute Gasteiger partial charge is 0.356 e. The van der Waals surface area contributed by atoms with Crippen LogP contribution < -0.4 is 0 Å². The van der Waals surface area contributed by atoms with Gasteiger partial charge in [0.1, 0.15) is 0 Å². The Morgan fingerprint density at radius 2 is 1.10 bits per heavy atom. The van der Waals surface area contributed by atoms with E-state index in [-0.39, 0.29) is 6.29 Å². The van der Waals surface area contributed by atoms with Crippen LogP contribution in [0.15, 0.2) is 0 Å². The Kier molecular flexibility index (Phi) is 16.2. The average molecular weight is 301 g/mol. The maximum atomic E-state index is 5.68. The van der Waals surface area contributed by atoms with Gasteiger partial charge in [0.25, 0.3) is 0 Å². The molecule has 2 heteroatoms. The fraction of sp³-hybridized carbons (Fsp3) is 1.00. The van der Waals surface area contributed by atoms with Gasteiger partial charge in [-0.1, -0.05) is 84.0 Å². The van der Waals surface area contributed by atoms with Crippen molar-refractivity contribution >= 4 is 0 Å². The Balaban J connectivity index is 3.12. The quantitative estimate of drug-likeness (QED) is 0.240. The molecule has 0 aromatic carbocycles. The van der Waals surface area contributed by atoms with Crippen LogP contribution in [0.3, 0.4) is 0 Å². The van der Waals surface area contributed by atoms with Crippen LogP contribution in [0.1, 0.15) is 104 Å². The van der Waals surface area contributed by atoms with Crippen LogP contribution >= 0.6 is 0 Å². The highest BCUT2D eigenvalue weighted by Crippen LogP contribution is 2.14. The number of rotatable bonds is 16. The molecule has 0 heterocycles. The highest BCUT2D eigenvalue weighted by molar-refractivity contribution is 4.53. The van der Waals surface area contributed by atoms with Gasteiger partial charge in [0, 0.05) is 7.11 Å². The summed E-state index contributed by atoms with van der Waals surface area (Å²) in [5.74, 6) is 0. The SMILES string of the molecule is CCCCCCCCCCCCCCC(C)OC(C)OC. The minimum absolute atomic E-state index is 0.0719. The molecule has 0 bridgehead atoms. The molecule has 0 radical (unpaired) electrons. The second-order valence-electron chi connectivity index (χ2n) is 6.43. The molecular formula is C19H40O2. The van der Waals surface area contributed by atoms with Crippen LogP contribution in [0.25, 0.3) is 0 Å². The van der Waals surface area contributed by atoms with Gasteiger partial charge in [-0.2, -0.15) is 0 Å². The van der Waals surface area contributed by atoms with Gasteiger partial charge >= 0.3 is 0 Å². The van der Waals surface area contributed by atoms with E-state index >= 15 is 0 Å². The van der Waals surface area contributed by atoms with Crippen LogP contribution in [0.5, 0.6) is 0 Å². The maximum Gasteiger partial charge on any atom is 0.154 e. The van der Waals surface area contributed by atoms with E-state index in [2.05, 4.69) is 13.8 Å². The zero-order valence-electron chi connectivity index (χ0n) is 15.2. The molecule has 0 aliphatic carbocycles. The zero-order chi connectivity index (χ0) is 15.8. The molecule has 0 aromatic rings. The average Bonchev–Trinajstić information content (AvgIpc) is 2.48. The molecule has 2 unspecified atom stereocenters. The second kappa shape index (κ2) is 16.3. The molecule has 0 N–H and O–H groups in total. The molecule has 0 spiro atoms. The van der Waals surface area contributed by atoms with Crippen LogP contribution in [-0.4, -0.2) is 19.5 Å². The molecule has 21 heavy (non-hydrogen) atoms. The first-order valence-electron chi connectivity index (χ1n) is 9.39. The summed E-state index contributed by atoms with van der Waals surface area (Å²) in [5.41, 5.74) is 0. The summed E-state index contributed by atoms with van der Waals surface area (Å²) in [6.45, 7) is 6.39. The highest BCUT2D eigenvalue weighted by Gasteiger charge is 2.06. The van der Waals surface area contributed by atoms with Crippen molar-refractivity contribution < 1.29 is 9.47 Å². The monoisotopic (exact) mass is 300 g/mol. The maximum absolute atomic E-state index is 5.68. The predicted molar refractivity (Wildman–Crippen MR) is 92.7 cm³/mol. The second-order valence-corrected chi connectivity index (χ2v) is 6.43. The van der Waals surface area contributed by atoms with E-state index in [9.17, 15) is 0 Å². The van der Waals surface area contributed by atoms with Crippen LogP contribution in [-0.2, 0) is 9.47 Å². The predicted octanol–water partition coefficient (Wildman–Crippen LogP) is 6.48. The Bertz CT molecular complexity index is 194. The first-order chi connectivity index (χ1) is 10.2. The Labute approximate surface area is 134 Å². The molecule has 2 nitrogen and oxygen atoms in total. The molecule has 0 saturated carbocycles. The molecule has 0 fully saturated rings. The summed E-state index contributed by atoms with van der Waals surface area (Å²) in [6.07, 6.45) is 18.3. The van der Waals surface area contributed by atoms with Gasteiger partial charge in [0.05, 0.1) is 6.10 Å². The Morgan fingerprint density at radius 3 is 1.52 bits per heavy atom.